The minimum atomic E-state index is -1.17. The van der Waals surface area contributed by atoms with Gasteiger partial charge in [0.25, 0.3) is 5.91 Å². The van der Waals surface area contributed by atoms with Gasteiger partial charge < -0.3 is 10.4 Å². The van der Waals surface area contributed by atoms with E-state index in [2.05, 4.69) is 22.9 Å². The first-order chi connectivity index (χ1) is 15.4. The maximum atomic E-state index is 12.2. The van der Waals surface area contributed by atoms with E-state index in [1.807, 2.05) is 12.1 Å². The number of halogens is 1. The molecule has 7 heteroatoms. The highest BCUT2D eigenvalue weighted by atomic mass is 35.5. The van der Waals surface area contributed by atoms with Crippen LogP contribution in [0.4, 0.5) is 11.4 Å². The molecule has 3 N–H and O–H groups in total. The number of aromatic carboxylic acids is 1. The second-order valence-corrected chi connectivity index (χ2v) is 10.1. The molecule has 0 atom stereocenters. The molecule has 0 aliphatic heterocycles. The van der Waals surface area contributed by atoms with Gasteiger partial charge in [0.2, 0.25) is 0 Å². The lowest BCUT2D eigenvalue weighted by atomic mass is 9.48. The van der Waals surface area contributed by atoms with Crippen LogP contribution in [0, 0.1) is 17.8 Å². The van der Waals surface area contributed by atoms with Crippen molar-refractivity contribution in [1.82, 2.24) is 0 Å². The van der Waals surface area contributed by atoms with Gasteiger partial charge >= 0.3 is 5.97 Å². The van der Waals surface area contributed by atoms with Crippen molar-refractivity contribution < 1.29 is 19.5 Å². The van der Waals surface area contributed by atoms with Crippen molar-refractivity contribution >= 4 is 34.9 Å². The van der Waals surface area contributed by atoms with Gasteiger partial charge in [-0.25, -0.2) is 4.79 Å². The lowest BCUT2D eigenvalue weighted by Gasteiger charge is -2.57. The Hall–Kier alpha value is -2.57. The molecular weight excluding hydrogens is 428 g/mol. The van der Waals surface area contributed by atoms with E-state index in [0.717, 1.165) is 23.4 Å². The lowest BCUT2D eigenvalue weighted by Crippen LogP contribution is -2.48. The number of hydrogen-bond acceptors (Lipinski definition) is 4. The summed E-state index contributed by atoms with van der Waals surface area (Å²) in [6, 6.07) is 12.7. The van der Waals surface area contributed by atoms with Crippen LogP contribution in [0.15, 0.2) is 42.5 Å². The molecule has 0 aromatic heterocycles. The number of carbonyl (C=O) groups is 2. The van der Waals surface area contributed by atoms with E-state index in [1.54, 1.807) is 0 Å². The van der Waals surface area contributed by atoms with Gasteiger partial charge in [-0.2, -0.15) is 0 Å². The zero-order chi connectivity index (χ0) is 22.3. The Morgan fingerprint density at radius 3 is 2.22 bits per heavy atom. The fourth-order valence-corrected chi connectivity index (χ4v) is 6.70. The highest BCUT2D eigenvalue weighted by Gasteiger charge is 2.51. The van der Waals surface area contributed by atoms with Crippen molar-refractivity contribution in [1.29, 1.82) is 0 Å². The number of carboxylic acids is 1. The molecule has 1 amide bonds. The maximum absolute atomic E-state index is 12.2. The first-order valence-electron chi connectivity index (χ1n) is 11.2. The summed E-state index contributed by atoms with van der Waals surface area (Å²) in [5.41, 5.74) is 5.49. The number of amides is 1. The van der Waals surface area contributed by atoms with Crippen molar-refractivity contribution in [2.24, 2.45) is 17.8 Å². The summed E-state index contributed by atoms with van der Waals surface area (Å²) in [6.45, 7) is -0.265. The van der Waals surface area contributed by atoms with Crippen molar-refractivity contribution in [2.75, 3.05) is 17.4 Å². The number of carboxylic acid groups (broad SMARTS) is 1. The molecule has 4 aliphatic carbocycles. The Morgan fingerprint density at radius 1 is 1.00 bits per heavy atom. The third-order valence-electron chi connectivity index (χ3n) is 7.41. The molecular formula is C25H27ClN2O4. The van der Waals surface area contributed by atoms with Crippen LogP contribution in [0.5, 0.6) is 0 Å². The average molecular weight is 455 g/mol. The molecule has 0 radical (unpaired) electrons. The Bertz CT molecular complexity index is 1000. The van der Waals surface area contributed by atoms with E-state index in [9.17, 15) is 14.7 Å². The van der Waals surface area contributed by atoms with E-state index in [-0.39, 0.29) is 22.9 Å². The van der Waals surface area contributed by atoms with Crippen molar-refractivity contribution in [3.63, 3.8) is 0 Å². The fraction of sp³-hybridized carbons (Fsp3) is 0.440. The zero-order valence-corrected chi connectivity index (χ0v) is 18.5. The van der Waals surface area contributed by atoms with Gasteiger partial charge in [0, 0.05) is 5.02 Å². The summed E-state index contributed by atoms with van der Waals surface area (Å²) < 4.78 is 0. The molecule has 2 aromatic carbocycles. The van der Waals surface area contributed by atoms with E-state index >= 15 is 0 Å². The van der Waals surface area contributed by atoms with E-state index in [1.165, 1.54) is 62.3 Å². The molecule has 0 spiro atoms. The Balaban J connectivity index is 1.16. The van der Waals surface area contributed by atoms with Crippen LogP contribution < -0.4 is 10.8 Å². The second-order valence-electron chi connectivity index (χ2n) is 9.71. The second kappa shape index (κ2) is 8.41. The van der Waals surface area contributed by atoms with Crippen LogP contribution in [0.25, 0.3) is 0 Å². The summed E-state index contributed by atoms with van der Waals surface area (Å²) in [6.07, 6.45) is 8.26. The van der Waals surface area contributed by atoms with Crippen molar-refractivity contribution in [3.05, 3.63) is 58.6 Å². The third kappa shape index (κ3) is 4.21. The molecule has 0 heterocycles. The minimum Gasteiger partial charge on any atom is -0.478 e. The SMILES string of the molecule is O=C(CONc1ccc(C23CC4CC(CC(C4)C2)C3)cc1)Nc1ccc(Cl)cc1C(=O)O. The minimum absolute atomic E-state index is 0.0703. The quantitative estimate of drug-likeness (QED) is 0.481. The van der Waals surface area contributed by atoms with Gasteiger partial charge in [-0.05, 0) is 97.6 Å². The lowest BCUT2D eigenvalue weighted by molar-refractivity contribution is -0.119. The summed E-state index contributed by atoms with van der Waals surface area (Å²) >= 11 is 5.84. The normalized spacial score (nSPS) is 27.8. The number of anilines is 2. The number of benzene rings is 2. The van der Waals surface area contributed by atoms with Crippen LogP contribution in [0.3, 0.4) is 0 Å². The molecule has 0 saturated heterocycles. The Labute approximate surface area is 192 Å². The molecule has 6 rings (SSSR count). The third-order valence-corrected chi connectivity index (χ3v) is 7.65. The highest BCUT2D eigenvalue weighted by Crippen LogP contribution is 2.60. The smallest absolute Gasteiger partial charge is 0.337 e. The molecule has 6 nitrogen and oxygen atoms in total. The van der Waals surface area contributed by atoms with Crippen LogP contribution in [0.1, 0.15) is 54.4 Å². The van der Waals surface area contributed by atoms with Gasteiger partial charge in [-0.15, -0.1) is 0 Å². The molecule has 32 heavy (non-hydrogen) atoms. The van der Waals surface area contributed by atoms with E-state index < -0.39 is 11.9 Å². The summed E-state index contributed by atoms with van der Waals surface area (Å²) in [4.78, 5) is 28.8. The predicted octanol–water partition coefficient (Wildman–Crippen LogP) is 5.49. The first kappa shape index (κ1) is 21.3. The van der Waals surface area contributed by atoms with Gasteiger partial charge in [0.05, 0.1) is 16.9 Å². The molecule has 4 bridgehead atoms. The average Bonchev–Trinajstić information content (AvgIpc) is 2.74. The Morgan fingerprint density at radius 2 is 1.62 bits per heavy atom. The molecule has 4 saturated carbocycles. The first-order valence-corrected chi connectivity index (χ1v) is 11.6. The zero-order valence-electron chi connectivity index (χ0n) is 17.8. The summed E-state index contributed by atoms with van der Waals surface area (Å²) in [5, 5.41) is 12.1. The van der Waals surface area contributed by atoms with Crippen LogP contribution in [0.2, 0.25) is 5.02 Å². The topological polar surface area (TPSA) is 87.7 Å². The van der Waals surface area contributed by atoms with Crippen LogP contribution >= 0.6 is 11.6 Å². The highest BCUT2D eigenvalue weighted by molar-refractivity contribution is 6.31. The molecule has 2 aromatic rings. The van der Waals surface area contributed by atoms with Gasteiger partial charge in [-0.1, -0.05) is 23.7 Å². The molecule has 168 valence electrons. The van der Waals surface area contributed by atoms with Crippen LogP contribution in [-0.4, -0.2) is 23.6 Å². The molecule has 4 fully saturated rings. The summed E-state index contributed by atoms with van der Waals surface area (Å²) in [5.74, 6) is 1.09. The van der Waals surface area contributed by atoms with Crippen molar-refractivity contribution in [2.45, 2.75) is 43.9 Å². The van der Waals surface area contributed by atoms with Gasteiger partial charge in [0.15, 0.2) is 6.61 Å². The molecule has 0 unspecified atom stereocenters. The number of rotatable bonds is 7. The number of carbonyl (C=O) groups excluding carboxylic acids is 1. The van der Waals surface area contributed by atoms with E-state index in [4.69, 9.17) is 16.4 Å². The summed E-state index contributed by atoms with van der Waals surface area (Å²) in [7, 11) is 0. The Kier molecular flexibility index (Phi) is 5.59. The van der Waals surface area contributed by atoms with Gasteiger partial charge in [0.1, 0.15) is 0 Å². The largest absolute Gasteiger partial charge is 0.478 e. The van der Waals surface area contributed by atoms with Gasteiger partial charge in [-0.3, -0.25) is 15.1 Å². The van der Waals surface area contributed by atoms with E-state index in [0.29, 0.717) is 5.41 Å². The monoisotopic (exact) mass is 454 g/mol. The number of hydrogen-bond donors (Lipinski definition) is 3. The van der Waals surface area contributed by atoms with Crippen molar-refractivity contribution in [3.8, 4) is 0 Å². The number of nitrogens with one attached hydrogen (secondary N) is 2. The standard InChI is InChI=1S/C25H27ClN2O4/c26-19-3-6-22(21(10-19)24(30)31)27-23(29)14-32-28-20-4-1-18(2-5-20)25-11-15-7-16(12-25)9-17(8-15)13-25/h1-6,10,15-17,28H,7-9,11-14H2,(H,27,29)(H,30,31). The predicted molar refractivity (Wildman–Crippen MR) is 123 cm³/mol. The maximum Gasteiger partial charge on any atom is 0.337 e. The van der Waals surface area contributed by atoms with Crippen LogP contribution in [-0.2, 0) is 15.0 Å². The fourth-order valence-electron chi connectivity index (χ4n) is 6.53. The molecule has 4 aliphatic rings.